The zero-order valence-corrected chi connectivity index (χ0v) is 11.1. The van der Waals surface area contributed by atoms with Crippen LogP contribution < -0.4 is 5.32 Å². The Morgan fingerprint density at radius 1 is 1.67 bits per heavy atom. The van der Waals surface area contributed by atoms with Crippen LogP contribution in [0.5, 0.6) is 0 Å². The summed E-state index contributed by atoms with van der Waals surface area (Å²) in [4.78, 5) is 0. The fourth-order valence-electron chi connectivity index (χ4n) is 2.82. The average molecular weight is 244 g/mol. The predicted octanol–water partition coefficient (Wildman–Crippen LogP) is 3.89. The van der Waals surface area contributed by atoms with Crippen LogP contribution in [0.2, 0.25) is 4.34 Å². The summed E-state index contributed by atoms with van der Waals surface area (Å²) in [6, 6.07) is 2.79. The topological polar surface area (TPSA) is 12.0 Å². The summed E-state index contributed by atoms with van der Waals surface area (Å²) in [6.45, 7) is 4.67. The number of nitrogens with one attached hydrogen (secondary N) is 1. The Morgan fingerprint density at radius 2 is 2.40 bits per heavy atom. The molecule has 3 heteroatoms. The molecule has 0 radical (unpaired) electrons. The van der Waals surface area contributed by atoms with E-state index in [0.717, 1.165) is 4.34 Å². The van der Waals surface area contributed by atoms with Gasteiger partial charge in [0.25, 0.3) is 0 Å². The molecule has 84 valence electrons. The van der Waals surface area contributed by atoms with E-state index in [1.807, 2.05) is 0 Å². The van der Waals surface area contributed by atoms with E-state index in [2.05, 4.69) is 37.7 Å². The number of hydrogen-bond acceptors (Lipinski definition) is 2. The maximum Gasteiger partial charge on any atom is 0.0931 e. The van der Waals surface area contributed by atoms with Gasteiger partial charge in [0.1, 0.15) is 0 Å². The van der Waals surface area contributed by atoms with Gasteiger partial charge in [-0.15, -0.1) is 11.3 Å². The first-order valence-electron chi connectivity index (χ1n) is 5.53. The van der Waals surface area contributed by atoms with E-state index in [4.69, 9.17) is 11.6 Å². The van der Waals surface area contributed by atoms with Crippen molar-refractivity contribution in [2.45, 2.75) is 38.6 Å². The van der Waals surface area contributed by atoms with Crippen molar-refractivity contribution >= 4 is 22.9 Å². The molecule has 1 aromatic heterocycles. The van der Waals surface area contributed by atoms with Gasteiger partial charge in [0.15, 0.2) is 0 Å². The van der Waals surface area contributed by atoms with Crippen LogP contribution in [0.3, 0.4) is 0 Å². The number of rotatable bonds is 3. The third-order valence-electron chi connectivity index (χ3n) is 4.16. The predicted molar refractivity (Wildman–Crippen MR) is 67.9 cm³/mol. The molecule has 15 heavy (non-hydrogen) atoms. The lowest BCUT2D eigenvalue weighted by molar-refractivity contribution is 0.0497. The van der Waals surface area contributed by atoms with Gasteiger partial charge < -0.3 is 5.32 Å². The molecule has 0 saturated heterocycles. The van der Waals surface area contributed by atoms with Gasteiger partial charge in [-0.3, -0.25) is 0 Å². The minimum absolute atomic E-state index is 0.402. The highest BCUT2D eigenvalue weighted by atomic mass is 35.5. The summed E-state index contributed by atoms with van der Waals surface area (Å²) in [5, 5.41) is 5.63. The summed E-state index contributed by atoms with van der Waals surface area (Å²) in [5.74, 6) is 0.684. The van der Waals surface area contributed by atoms with E-state index >= 15 is 0 Å². The highest BCUT2D eigenvalue weighted by molar-refractivity contribution is 7.14. The number of thiophene rings is 1. The molecular formula is C12H18ClNS. The Hall–Kier alpha value is -0.0500. The van der Waals surface area contributed by atoms with Crippen LogP contribution in [0, 0.1) is 5.41 Å². The number of hydrogen-bond donors (Lipinski definition) is 1. The molecule has 0 aromatic carbocycles. The molecule has 0 spiro atoms. The molecule has 0 amide bonds. The highest BCUT2D eigenvalue weighted by Gasteiger charge is 2.50. The first-order chi connectivity index (χ1) is 7.11. The van der Waals surface area contributed by atoms with Gasteiger partial charge in [-0.2, -0.15) is 0 Å². The highest BCUT2D eigenvalue weighted by Crippen LogP contribution is 2.55. The molecule has 0 bridgehead atoms. The molecule has 1 heterocycles. The van der Waals surface area contributed by atoms with Crippen molar-refractivity contribution in [1.82, 2.24) is 5.32 Å². The Labute approximate surface area is 101 Å². The standard InChI is InChI=1S/C12H18ClNS/c1-4-12(2)9(6-10(12)14-3)8-5-11(13)15-7-8/h5,7,9-10,14H,4,6H2,1-3H3. The Balaban J connectivity index is 2.19. The van der Waals surface area contributed by atoms with E-state index in [9.17, 15) is 0 Å². The smallest absolute Gasteiger partial charge is 0.0931 e. The molecule has 3 unspecified atom stereocenters. The second-order valence-corrected chi connectivity index (χ2v) is 6.22. The van der Waals surface area contributed by atoms with Crippen molar-refractivity contribution in [3.63, 3.8) is 0 Å². The van der Waals surface area contributed by atoms with Crippen LogP contribution in [0.4, 0.5) is 0 Å². The van der Waals surface area contributed by atoms with Gasteiger partial charge >= 0.3 is 0 Å². The van der Waals surface area contributed by atoms with Crippen molar-refractivity contribution in [3.8, 4) is 0 Å². The van der Waals surface area contributed by atoms with Crippen LogP contribution in [0.15, 0.2) is 11.4 Å². The monoisotopic (exact) mass is 243 g/mol. The van der Waals surface area contributed by atoms with E-state index in [1.54, 1.807) is 11.3 Å². The number of halogens is 1. The Kier molecular flexibility index (Phi) is 3.11. The van der Waals surface area contributed by atoms with E-state index in [1.165, 1.54) is 18.4 Å². The summed E-state index contributed by atoms with van der Waals surface area (Å²) in [7, 11) is 2.06. The minimum atomic E-state index is 0.402. The molecule has 1 aliphatic rings. The zero-order chi connectivity index (χ0) is 11.1. The van der Waals surface area contributed by atoms with Crippen molar-refractivity contribution in [3.05, 3.63) is 21.3 Å². The van der Waals surface area contributed by atoms with Crippen molar-refractivity contribution < 1.29 is 0 Å². The van der Waals surface area contributed by atoms with Gasteiger partial charge in [0, 0.05) is 6.04 Å². The van der Waals surface area contributed by atoms with Crippen LogP contribution >= 0.6 is 22.9 Å². The summed E-state index contributed by atoms with van der Waals surface area (Å²) in [6.07, 6.45) is 2.46. The van der Waals surface area contributed by atoms with Gasteiger partial charge in [0.05, 0.1) is 4.34 Å². The second-order valence-electron chi connectivity index (χ2n) is 4.67. The van der Waals surface area contributed by atoms with Gasteiger partial charge in [0.2, 0.25) is 0 Å². The molecule has 3 atom stereocenters. The lowest BCUT2D eigenvalue weighted by Crippen LogP contribution is -2.55. The quantitative estimate of drug-likeness (QED) is 0.849. The average Bonchev–Trinajstić information content (AvgIpc) is 2.62. The molecule has 1 aliphatic carbocycles. The molecule has 1 fully saturated rings. The first-order valence-corrected chi connectivity index (χ1v) is 6.78. The molecule has 1 aromatic rings. The molecular weight excluding hydrogens is 226 g/mol. The first kappa shape index (κ1) is 11.4. The second kappa shape index (κ2) is 4.08. The molecule has 1 saturated carbocycles. The fraction of sp³-hybridized carbons (Fsp3) is 0.667. The summed E-state index contributed by atoms with van der Waals surface area (Å²) >= 11 is 7.64. The van der Waals surface area contributed by atoms with Crippen LogP contribution in [0.1, 0.15) is 38.2 Å². The van der Waals surface area contributed by atoms with Crippen molar-refractivity contribution in [2.24, 2.45) is 5.41 Å². The lowest BCUT2D eigenvalue weighted by Gasteiger charge is -2.54. The molecule has 0 aliphatic heterocycles. The van der Waals surface area contributed by atoms with Crippen molar-refractivity contribution in [2.75, 3.05) is 7.05 Å². The molecule has 1 nitrogen and oxygen atoms in total. The van der Waals surface area contributed by atoms with E-state index < -0.39 is 0 Å². The van der Waals surface area contributed by atoms with Crippen LogP contribution in [-0.2, 0) is 0 Å². The summed E-state index contributed by atoms with van der Waals surface area (Å²) in [5.41, 5.74) is 1.83. The minimum Gasteiger partial charge on any atom is -0.316 e. The fourth-order valence-corrected chi connectivity index (χ4v) is 3.76. The normalized spacial score (nSPS) is 35.2. The third-order valence-corrected chi connectivity index (χ3v) is 5.27. The van der Waals surface area contributed by atoms with Crippen LogP contribution in [0.25, 0.3) is 0 Å². The largest absolute Gasteiger partial charge is 0.316 e. The van der Waals surface area contributed by atoms with E-state index in [0.29, 0.717) is 17.4 Å². The van der Waals surface area contributed by atoms with E-state index in [-0.39, 0.29) is 0 Å². The molecule has 2 rings (SSSR count). The van der Waals surface area contributed by atoms with Gasteiger partial charge in [-0.05, 0) is 48.2 Å². The maximum absolute atomic E-state index is 6.00. The van der Waals surface area contributed by atoms with Crippen LogP contribution in [-0.4, -0.2) is 13.1 Å². The molecule has 1 N–H and O–H groups in total. The Morgan fingerprint density at radius 3 is 2.87 bits per heavy atom. The SMILES string of the molecule is CCC1(C)C(NC)CC1c1csc(Cl)c1. The van der Waals surface area contributed by atoms with Crippen molar-refractivity contribution in [1.29, 1.82) is 0 Å². The maximum atomic E-state index is 6.00. The van der Waals surface area contributed by atoms with Gasteiger partial charge in [-0.1, -0.05) is 25.4 Å². The zero-order valence-electron chi connectivity index (χ0n) is 9.51. The van der Waals surface area contributed by atoms with Gasteiger partial charge in [-0.25, -0.2) is 0 Å². The third kappa shape index (κ3) is 1.73. The summed E-state index contributed by atoms with van der Waals surface area (Å²) < 4.78 is 0.913. The lowest BCUT2D eigenvalue weighted by atomic mass is 9.54. The Bertz CT molecular complexity index is 349.